The first kappa shape index (κ1) is 13.8. The lowest BCUT2D eigenvalue weighted by Crippen LogP contribution is -2.38. The molecule has 0 saturated heterocycles. The quantitative estimate of drug-likeness (QED) is 0.567. The van der Waals surface area contributed by atoms with E-state index < -0.39 is 0 Å². The summed E-state index contributed by atoms with van der Waals surface area (Å²) in [7, 11) is 0. The molecule has 0 fully saturated rings. The molecule has 0 heterocycles. The smallest absolute Gasteiger partial charge is 0.0151 e. The summed E-state index contributed by atoms with van der Waals surface area (Å²) in [5, 5.41) is 0. The van der Waals surface area contributed by atoms with E-state index in [4.69, 9.17) is 0 Å². The van der Waals surface area contributed by atoms with Crippen LogP contribution in [0.2, 0.25) is 0 Å². The van der Waals surface area contributed by atoms with E-state index in [0.717, 1.165) is 29.6 Å². The molecule has 0 amide bonds. The SMILES string of the molecule is CC(C)C1CC=CC(C(C)(C)C)C1C(C)C. The molecular formula is C16H30. The number of allylic oxidation sites excluding steroid dienone is 2. The zero-order chi connectivity index (χ0) is 12.5. The van der Waals surface area contributed by atoms with Crippen LogP contribution in [0.25, 0.3) is 0 Å². The van der Waals surface area contributed by atoms with Crippen molar-refractivity contribution in [1.29, 1.82) is 0 Å². The van der Waals surface area contributed by atoms with E-state index in [1.54, 1.807) is 0 Å². The summed E-state index contributed by atoms with van der Waals surface area (Å²) in [6.45, 7) is 16.7. The highest BCUT2D eigenvalue weighted by molar-refractivity contribution is 5.05. The van der Waals surface area contributed by atoms with Crippen LogP contribution in [0.3, 0.4) is 0 Å². The lowest BCUT2D eigenvalue weighted by molar-refractivity contribution is 0.0751. The van der Waals surface area contributed by atoms with Gasteiger partial charge in [0.1, 0.15) is 0 Å². The van der Waals surface area contributed by atoms with Gasteiger partial charge in [-0.2, -0.15) is 0 Å². The topological polar surface area (TPSA) is 0 Å². The summed E-state index contributed by atoms with van der Waals surface area (Å²) in [4.78, 5) is 0. The number of rotatable bonds is 2. The third kappa shape index (κ3) is 2.90. The van der Waals surface area contributed by atoms with Crippen molar-refractivity contribution in [2.24, 2.45) is 35.0 Å². The minimum atomic E-state index is 0.402. The molecule has 0 aliphatic heterocycles. The molecule has 0 saturated carbocycles. The Morgan fingerprint density at radius 3 is 1.94 bits per heavy atom. The Kier molecular flexibility index (Phi) is 4.26. The Morgan fingerprint density at radius 2 is 1.56 bits per heavy atom. The predicted molar refractivity (Wildman–Crippen MR) is 73.4 cm³/mol. The molecule has 0 heteroatoms. The largest absolute Gasteiger partial charge is 0.0879 e. The van der Waals surface area contributed by atoms with Crippen LogP contribution in [0, 0.1) is 35.0 Å². The molecule has 0 N–H and O–H groups in total. The van der Waals surface area contributed by atoms with Gasteiger partial charge in [-0.05, 0) is 41.4 Å². The van der Waals surface area contributed by atoms with Crippen LogP contribution in [0.1, 0.15) is 54.9 Å². The molecule has 3 unspecified atom stereocenters. The minimum Gasteiger partial charge on any atom is -0.0879 e. The predicted octanol–water partition coefficient (Wildman–Crippen LogP) is 5.15. The van der Waals surface area contributed by atoms with E-state index in [-0.39, 0.29) is 0 Å². The van der Waals surface area contributed by atoms with Crippen molar-refractivity contribution in [3.63, 3.8) is 0 Å². The first-order chi connectivity index (χ1) is 7.25. The zero-order valence-electron chi connectivity index (χ0n) is 12.2. The van der Waals surface area contributed by atoms with Crippen LogP contribution >= 0.6 is 0 Å². The molecular weight excluding hydrogens is 192 g/mol. The van der Waals surface area contributed by atoms with E-state index in [0.29, 0.717) is 5.41 Å². The molecule has 0 radical (unpaired) electrons. The van der Waals surface area contributed by atoms with Gasteiger partial charge in [-0.3, -0.25) is 0 Å². The maximum absolute atomic E-state index is 2.49. The molecule has 3 atom stereocenters. The average Bonchev–Trinajstić information content (AvgIpc) is 2.14. The van der Waals surface area contributed by atoms with Crippen LogP contribution in [0.15, 0.2) is 12.2 Å². The number of hydrogen-bond acceptors (Lipinski definition) is 0. The van der Waals surface area contributed by atoms with Crippen LogP contribution < -0.4 is 0 Å². The van der Waals surface area contributed by atoms with Crippen LogP contribution in [-0.4, -0.2) is 0 Å². The van der Waals surface area contributed by atoms with Gasteiger partial charge in [0, 0.05) is 0 Å². The van der Waals surface area contributed by atoms with Gasteiger partial charge in [0.2, 0.25) is 0 Å². The Labute approximate surface area is 103 Å². The van der Waals surface area contributed by atoms with Gasteiger partial charge >= 0.3 is 0 Å². The summed E-state index contributed by atoms with van der Waals surface area (Å²) in [5.41, 5.74) is 0.402. The molecule has 1 rings (SSSR count). The van der Waals surface area contributed by atoms with E-state index in [1.165, 1.54) is 6.42 Å². The second-order valence-electron chi connectivity index (χ2n) is 7.28. The standard InChI is InChI=1S/C16H30/c1-11(2)13-9-8-10-14(16(5,6)7)15(13)12(3)4/h8,10-15H,9H2,1-7H3. The summed E-state index contributed by atoms with van der Waals surface area (Å²) in [5.74, 6) is 4.07. The molecule has 94 valence electrons. The van der Waals surface area contributed by atoms with Gasteiger partial charge in [0.15, 0.2) is 0 Å². The second-order valence-corrected chi connectivity index (χ2v) is 7.28. The fraction of sp³-hybridized carbons (Fsp3) is 0.875. The van der Waals surface area contributed by atoms with E-state index in [9.17, 15) is 0 Å². The van der Waals surface area contributed by atoms with Crippen LogP contribution in [0.5, 0.6) is 0 Å². The van der Waals surface area contributed by atoms with Gasteiger partial charge in [0.05, 0.1) is 0 Å². The van der Waals surface area contributed by atoms with E-state index in [1.807, 2.05) is 0 Å². The van der Waals surface area contributed by atoms with Crippen molar-refractivity contribution in [2.45, 2.75) is 54.9 Å². The molecule has 1 aliphatic rings. The van der Waals surface area contributed by atoms with Crippen molar-refractivity contribution in [3.05, 3.63) is 12.2 Å². The summed E-state index contributed by atoms with van der Waals surface area (Å²) in [6.07, 6.45) is 6.20. The lowest BCUT2D eigenvalue weighted by Gasteiger charge is -2.45. The molecule has 1 aliphatic carbocycles. The first-order valence-electron chi connectivity index (χ1n) is 6.91. The molecule has 0 nitrogen and oxygen atoms in total. The monoisotopic (exact) mass is 222 g/mol. The Hall–Kier alpha value is -0.260. The van der Waals surface area contributed by atoms with Crippen LogP contribution in [0.4, 0.5) is 0 Å². The van der Waals surface area contributed by atoms with Gasteiger partial charge in [0.25, 0.3) is 0 Å². The van der Waals surface area contributed by atoms with E-state index in [2.05, 4.69) is 60.6 Å². The van der Waals surface area contributed by atoms with Crippen molar-refractivity contribution in [1.82, 2.24) is 0 Å². The fourth-order valence-corrected chi connectivity index (χ4v) is 3.43. The summed E-state index contributed by atoms with van der Waals surface area (Å²) >= 11 is 0. The summed E-state index contributed by atoms with van der Waals surface area (Å²) < 4.78 is 0. The first-order valence-corrected chi connectivity index (χ1v) is 6.91. The van der Waals surface area contributed by atoms with Gasteiger partial charge < -0.3 is 0 Å². The van der Waals surface area contributed by atoms with E-state index >= 15 is 0 Å². The Balaban J connectivity index is 3.00. The third-order valence-corrected chi connectivity index (χ3v) is 4.29. The minimum absolute atomic E-state index is 0.402. The molecule has 16 heavy (non-hydrogen) atoms. The van der Waals surface area contributed by atoms with Gasteiger partial charge in [-0.1, -0.05) is 60.6 Å². The van der Waals surface area contributed by atoms with Gasteiger partial charge in [-0.25, -0.2) is 0 Å². The van der Waals surface area contributed by atoms with Crippen molar-refractivity contribution in [3.8, 4) is 0 Å². The summed E-state index contributed by atoms with van der Waals surface area (Å²) in [6, 6.07) is 0. The molecule has 0 spiro atoms. The molecule has 0 aromatic carbocycles. The highest BCUT2D eigenvalue weighted by atomic mass is 14.4. The van der Waals surface area contributed by atoms with Crippen LogP contribution in [-0.2, 0) is 0 Å². The Morgan fingerprint density at radius 1 is 1.00 bits per heavy atom. The average molecular weight is 222 g/mol. The lowest BCUT2D eigenvalue weighted by atomic mass is 9.60. The molecule has 0 aromatic rings. The molecule has 0 aromatic heterocycles. The second kappa shape index (κ2) is 4.94. The van der Waals surface area contributed by atoms with Crippen molar-refractivity contribution < 1.29 is 0 Å². The maximum Gasteiger partial charge on any atom is -0.0151 e. The highest BCUT2D eigenvalue weighted by Gasteiger charge is 2.39. The maximum atomic E-state index is 2.49. The normalized spacial score (nSPS) is 31.4. The number of hydrogen-bond donors (Lipinski definition) is 0. The third-order valence-electron chi connectivity index (χ3n) is 4.29. The Bertz CT molecular complexity index is 239. The fourth-order valence-electron chi connectivity index (χ4n) is 3.43. The van der Waals surface area contributed by atoms with Crippen molar-refractivity contribution in [2.75, 3.05) is 0 Å². The van der Waals surface area contributed by atoms with Crippen molar-refractivity contribution >= 4 is 0 Å². The zero-order valence-corrected chi connectivity index (χ0v) is 12.2. The highest BCUT2D eigenvalue weighted by Crippen LogP contribution is 2.46. The van der Waals surface area contributed by atoms with Gasteiger partial charge in [-0.15, -0.1) is 0 Å². The molecule has 0 bridgehead atoms.